The first-order valence-corrected chi connectivity index (χ1v) is 8.37. The summed E-state index contributed by atoms with van der Waals surface area (Å²) in [6.07, 6.45) is 0.713. The molecule has 1 N–H and O–H groups in total. The standard InChI is InChI=1S/C18H20FNOS/c1-14(16-5-3-2-4-6-16)22-13-18(21)20-12-11-15-7-9-17(19)10-8-15/h2-10,14H,11-13H2,1H3,(H,20,21). The number of benzene rings is 2. The van der Waals surface area contributed by atoms with Crippen LogP contribution in [-0.2, 0) is 11.2 Å². The van der Waals surface area contributed by atoms with Crippen molar-refractivity contribution >= 4 is 17.7 Å². The molecule has 0 spiro atoms. The van der Waals surface area contributed by atoms with Crippen LogP contribution in [0.5, 0.6) is 0 Å². The van der Waals surface area contributed by atoms with E-state index in [9.17, 15) is 9.18 Å². The molecule has 0 aromatic heterocycles. The Labute approximate surface area is 135 Å². The van der Waals surface area contributed by atoms with Crippen LogP contribution in [0.2, 0.25) is 0 Å². The van der Waals surface area contributed by atoms with Gasteiger partial charge in [-0.05, 0) is 36.6 Å². The Morgan fingerprint density at radius 3 is 2.50 bits per heavy atom. The van der Waals surface area contributed by atoms with Gasteiger partial charge in [-0.1, -0.05) is 42.5 Å². The fourth-order valence-corrected chi connectivity index (χ4v) is 2.92. The third-order valence-corrected chi connectivity index (χ3v) is 4.58. The van der Waals surface area contributed by atoms with Crippen molar-refractivity contribution in [1.82, 2.24) is 5.32 Å². The summed E-state index contributed by atoms with van der Waals surface area (Å²) in [7, 11) is 0. The Morgan fingerprint density at radius 2 is 1.82 bits per heavy atom. The molecule has 0 aliphatic heterocycles. The largest absolute Gasteiger partial charge is 0.355 e. The van der Waals surface area contributed by atoms with Crippen LogP contribution in [0.15, 0.2) is 54.6 Å². The van der Waals surface area contributed by atoms with Crippen LogP contribution in [-0.4, -0.2) is 18.2 Å². The van der Waals surface area contributed by atoms with E-state index in [1.165, 1.54) is 17.7 Å². The van der Waals surface area contributed by atoms with Crippen molar-refractivity contribution in [2.24, 2.45) is 0 Å². The fraction of sp³-hybridized carbons (Fsp3) is 0.278. The Balaban J connectivity index is 1.66. The zero-order valence-electron chi connectivity index (χ0n) is 12.6. The van der Waals surface area contributed by atoms with Gasteiger partial charge in [0.1, 0.15) is 5.82 Å². The van der Waals surface area contributed by atoms with E-state index in [4.69, 9.17) is 0 Å². The molecule has 22 heavy (non-hydrogen) atoms. The van der Waals surface area contributed by atoms with Crippen LogP contribution in [0.4, 0.5) is 4.39 Å². The SMILES string of the molecule is CC(SCC(=O)NCCc1ccc(F)cc1)c1ccccc1. The van der Waals surface area contributed by atoms with Crippen LogP contribution >= 0.6 is 11.8 Å². The number of carbonyl (C=O) groups excluding carboxylic acids is 1. The lowest BCUT2D eigenvalue weighted by Crippen LogP contribution is -2.27. The second-order valence-electron chi connectivity index (χ2n) is 5.09. The number of rotatable bonds is 7. The van der Waals surface area contributed by atoms with E-state index >= 15 is 0 Å². The van der Waals surface area contributed by atoms with E-state index in [2.05, 4.69) is 24.4 Å². The minimum Gasteiger partial charge on any atom is -0.355 e. The van der Waals surface area contributed by atoms with Crippen molar-refractivity contribution in [1.29, 1.82) is 0 Å². The molecule has 0 aliphatic carbocycles. The lowest BCUT2D eigenvalue weighted by molar-refractivity contribution is -0.118. The maximum absolute atomic E-state index is 12.8. The molecule has 2 rings (SSSR count). The van der Waals surface area contributed by atoms with Gasteiger partial charge in [-0.25, -0.2) is 4.39 Å². The molecule has 0 radical (unpaired) electrons. The van der Waals surface area contributed by atoms with Gasteiger partial charge in [0, 0.05) is 11.8 Å². The van der Waals surface area contributed by atoms with Crippen molar-refractivity contribution in [3.8, 4) is 0 Å². The first-order chi connectivity index (χ1) is 10.6. The highest BCUT2D eigenvalue weighted by molar-refractivity contribution is 8.00. The Hall–Kier alpha value is -1.81. The average Bonchev–Trinajstić information content (AvgIpc) is 2.55. The molecule has 0 heterocycles. The average molecular weight is 317 g/mol. The summed E-state index contributed by atoms with van der Waals surface area (Å²) >= 11 is 1.62. The number of amides is 1. The lowest BCUT2D eigenvalue weighted by Gasteiger charge is -2.11. The van der Waals surface area contributed by atoms with Crippen LogP contribution in [0.25, 0.3) is 0 Å². The van der Waals surface area contributed by atoms with Gasteiger partial charge in [0.05, 0.1) is 5.75 Å². The summed E-state index contributed by atoms with van der Waals surface area (Å²) in [4.78, 5) is 11.8. The molecule has 1 atom stereocenters. The fourth-order valence-electron chi connectivity index (χ4n) is 2.07. The molecule has 0 saturated carbocycles. The molecule has 0 bridgehead atoms. The third-order valence-electron chi connectivity index (χ3n) is 3.38. The second-order valence-corrected chi connectivity index (χ2v) is 6.42. The summed E-state index contributed by atoms with van der Waals surface area (Å²) in [5.41, 5.74) is 2.25. The van der Waals surface area contributed by atoms with Crippen molar-refractivity contribution in [2.75, 3.05) is 12.3 Å². The predicted molar refractivity (Wildman–Crippen MR) is 90.4 cm³/mol. The molecule has 1 unspecified atom stereocenters. The maximum atomic E-state index is 12.8. The second kappa shape index (κ2) is 8.59. The van der Waals surface area contributed by atoms with Gasteiger partial charge in [0.25, 0.3) is 0 Å². The third kappa shape index (κ3) is 5.53. The minimum absolute atomic E-state index is 0.0369. The van der Waals surface area contributed by atoms with Crippen molar-refractivity contribution in [3.05, 3.63) is 71.5 Å². The summed E-state index contributed by atoms with van der Waals surface area (Å²) in [5, 5.41) is 3.19. The quantitative estimate of drug-likeness (QED) is 0.837. The molecule has 116 valence electrons. The van der Waals surface area contributed by atoms with Crippen molar-refractivity contribution < 1.29 is 9.18 Å². The number of thioether (sulfide) groups is 1. The van der Waals surface area contributed by atoms with Crippen molar-refractivity contribution in [3.63, 3.8) is 0 Å². The molecule has 0 fully saturated rings. The van der Waals surface area contributed by atoms with E-state index < -0.39 is 0 Å². The zero-order chi connectivity index (χ0) is 15.8. The van der Waals surface area contributed by atoms with Crippen LogP contribution in [0.3, 0.4) is 0 Å². The molecule has 4 heteroatoms. The van der Waals surface area contributed by atoms with Gasteiger partial charge >= 0.3 is 0 Å². The van der Waals surface area contributed by atoms with Gasteiger partial charge in [-0.3, -0.25) is 4.79 Å². The zero-order valence-corrected chi connectivity index (χ0v) is 13.4. The lowest BCUT2D eigenvalue weighted by atomic mass is 10.1. The summed E-state index contributed by atoms with van der Waals surface area (Å²) < 4.78 is 12.8. The number of hydrogen-bond acceptors (Lipinski definition) is 2. The van der Waals surface area contributed by atoms with E-state index in [-0.39, 0.29) is 11.7 Å². The number of halogens is 1. The smallest absolute Gasteiger partial charge is 0.230 e. The van der Waals surface area contributed by atoms with Gasteiger partial charge in [-0.15, -0.1) is 11.8 Å². The molecule has 0 aliphatic rings. The Kier molecular flexibility index (Phi) is 6.46. The Bertz CT molecular complexity index is 586. The van der Waals surface area contributed by atoms with Crippen LogP contribution in [0, 0.1) is 5.82 Å². The summed E-state index contributed by atoms with van der Waals surface area (Å²) in [6.45, 7) is 2.68. The van der Waals surface area contributed by atoms with Gasteiger partial charge < -0.3 is 5.32 Å². The van der Waals surface area contributed by atoms with Gasteiger partial charge in [0.15, 0.2) is 0 Å². The highest BCUT2D eigenvalue weighted by Gasteiger charge is 2.08. The molecular weight excluding hydrogens is 297 g/mol. The van der Waals surface area contributed by atoms with Crippen LogP contribution < -0.4 is 5.32 Å². The van der Waals surface area contributed by atoms with E-state index in [1.54, 1.807) is 23.9 Å². The summed E-state index contributed by atoms with van der Waals surface area (Å²) in [5.74, 6) is 0.244. The molecule has 0 saturated heterocycles. The molecule has 2 aromatic rings. The minimum atomic E-state index is -0.237. The highest BCUT2D eigenvalue weighted by Crippen LogP contribution is 2.27. The van der Waals surface area contributed by atoms with Gasteiger partial charge in [-0.2, -0.15) is 0 Å². The maximum Gasteiger partial charge on any atom is 0.230 e. The number of hydrogen-bond donors (Lipinski definition) is 1. The number of nitrogens with one attached hydrogen (secondary N) is 1. The first kappa shape index (κ1) is 16.6. The normalized spacial score (nSPS) is 11.9. The molecule has 1 amide bonds. The Morgan fingerprint density at radius 1 is 1.14 bits per heavy atom. The topological polar surface area (TPSA) is 29.1 Å². The van der Waals surface area contributed by atoms with Gasteiger partial charge in [0.2, 0.25) is 5.91 Å². The van der Waals surface area contributed by atoms with E-state index in [0.29, 0.717) is 24.0 Å². The van der Waals surface area contributed by atoms with E-state index in [1.807, 2.05) is 18.2 Å². The summed E-state index contributed by atoms with van der Waals surface area (Å²) in [6, 6.07) is 16.5. The molecule has 2 nitrogen and oxygen atoms in total. The first-order valence-electron chi connectivity index (χ1n) is 7.33. The molecular formula is C18H20FNOS. The number of carbonyl (C=O) groups is 1. The van der Waals surface area contributed by atoms with Crippen LogP contribution in [0.1, 0.15) is 23.3 Å². The monoisotopic (exact) mass is 317 g/mol. The molecule has 2 aromatic carbocycles. The van der Waals surface area contributed by atoms with E-state index in [0.717, 1.165) is 5.56 Å². The van der Waals surface area contributed by atoms with Crippen molar-refractivity contribution in [2.45, 2.75) is 18.6 Å². The highest BCUT2D eigenvalue weighted by atomic mass is 32.2. The predicted octanol–water partition coefficient (Wildman–Crippen LogP) is 3.98.